The van der Waals surface area contributed by atoms with Gasteiger partial charge in [0.1, 0.15) is 0 Å². The van der Waals surface area contributed by atoms with Crippen LogP contribution in [0.3, 0.4) is 0 Å². The van der Waals surface area contributed by atoms with Crippen LogP contribution in [0.5, 0.6) is 0 Å². The summed E-state index contributed by atoms with van der Waals surface area (Å²) in [5.41, 5.74) is 1.49. The molecule has 0 N–H and O–H groups in total. The van der Waals surface area contributed by atoms with Crippen LogP contribution < -0.4 is 0 Å². The Hall–Kier alpha value is 0.497. The molecule has 0 aliphatic heterocycles. The highest BCUT2D eigenvalue weighted by Crippen LogP contribution is 2.16. The summed E-state index contributed by atoms with van der Waals surface area (Å²) in [6.45, 7) is 3.59. The molecule has 0 atom stereocenters. The molecule has 0 saturated heterocycles. The maximum Gasteiger partial charge on any atom is 0.415 e. The Morgan fingerprint density at radius 3 is 2.56 bits per heavy atom. The van der Waals surface area contributed by atoms with Gasteiger partial charge in [0.05, 0.1) is 0 Å². The highest BCUT2D eigenvalue weighted by molar-refractivity contribution is 7.44. The van der Waals surface area contributed by atoms with Crippen LogP contribution in [0.2, 0.25) is 0 Å². The van der Waals surface area contributed by atoms with Crippen LogP contribution in [0.15, 0.2) is 12.3 Å². The van der Waals surface area contributed by atoms with E-state index >= 15 is 0 Å². The van der Waals surface area contributed by atoms with Crippen LogP contribution in [0.4, 0.5) is 0 Å². The monoisotopic (exact) mass is 184 g/mol. The number of hydrogen-bond acceptors (Lipinski definition) is 1. The van der Waals surface area contributed by atoms with Crippen molar-refractivity contribution in [2.45, 2.75) is 13.3 Å². The minimum absolute atomic E-state index is 0.616. The van der Waals surface area contributed by atoms with Gasteiger partial charge in [-0.2, -0.15) is 0 Å². The lowest BCUT2D eigenvalue weighted by atomic mass is 10.5. The van der Waals surface area contributed by atoms with E-state index in [4.69, 9.17) is 26.6 Å². The predicted octanol–water partition coefficient (Wildman–Crippen LogP) is 2.55. The molecule has 0 fully saturated rings. The van der Waals surface area contributed by atoms with Gasteiger partial charge in [-0.3, -0.25) is 0 Å². The van der Waals surface area contributed by atoms with E-state index in [1.165, 1.54) is 5.70 Å². The molecule has 0 aliphatic carbocycles. The van der Waals surface area contributed by atoms with Gasteiger partial charge in [-0.1, -0.05) is 6.92 Å². The normalized spacial score (nSPS) is 11.4. The van der Waals surface area contributed by atoms with Gasteiger partial charge in [-0.15, -0.1) is 28.7 Å². The maximum atomic E-state index is 5.66. The van der Waals surface area contributed by atoms with Crippen molar-refractivity contribution >= 4 is 29.1 Å². The molecule has 0 aliphatic rings. The third-order valence-electron chi connectivity index (χ3n) is 0.736. The molecule has 0 spiro atoms. The molecule has 54 valence electrons. The van der Waals surface area contributed by atoms with Crippen molar-refractivity contribution in [1.82, 2.24) is 0 Å². The minimum Gasteiger partial charge on any atom is -0.389 e. The summed E-state index contributed by atoms with van der Waals surface area (Å²) >= 11 is 11.3. The zero-order valence-corrected chi connectivity index (χ0v) is 7.87. The van der Waals surface area contributed by atoms with Gasteiger partial charge in [-0.25, -0.2) is 0 Å². The van der Waals surface area contributed by atoms with Crippen LogP contribution >= 0.6 is 22.2 Å². The molecular weight excluding hydrogens is 175 g/mol. The summed E-state index contributed by atoms with van der Waals surface area (Å²) in [5.74, 6) is 0. The van der Waals surface area contributed by atoms with E-state index in [1.54, 1.807) is 0 Å². The smallest absolute Gasteiger partial charge is 0.389 e. The number of hydrogen-bond donors (Lipinski definition) is 0. The lowest BCUT2D eigenvalue weighted by Crippen LogP contribution is -2.21. The first-order valence-electron chi connectivity index (χ1n) is 2.77. The topological polar surface area (TPSA) is 9.23 Å². The Bertz CT molecular complexity index is 95.0. The van der Waals surface area contributed by atoms with E-state index in [2.05, 4.69) is 6.58 Å². The van der Waals surface area contributed by atoms with Crippen molar-refractivity contribution in [2.75, 3.05) is 6.61 Å². The van der Waals surface area contributed by atoms with Gasteiger partial charge in [0.25, 0.3) is 0 Å². The highest BCUT2D eigenvalue weighted by Gasteiger charge is 2.24. The number of rotatable bonds is 4. The van der Waals surface area contributed by atoms with Crippen molar-refractivity contribution in [3.63, 3.8) is 0 Å². The van der Waals surface area contributed by atoms with Gasteiger partial charge in [0.15, 0.2) is 0 Å². The molecule has 0 heterocycles. The molecule has 0 aromatic heterocycles. The lowest BCUT2D eigenvalue weighted by molar-refractivity contribution is 0.331. The summed E-state index contributed by atoms with van der Waals surface area (Å²) in [5, 5.41) is 0. The quantitative estimate of drug-likeness (QED) is 0.483. The lowest BCUT2D eigenvalue weighted by Gasteiger charge is -2.10. The Labute approximate surface area is 66.1 Å². The van der Waals surface area contributed by atoms with Gasteiger partial charge in [0, 0.05) is 6.61 Å². The second kappa shape index (κ2) is 4.33. The van der Waals surface area contributed by atoms with Gasteiger partial charge in [-0.05, 0) is 12.1 Å². The van der Waals surface area contributed by atoms with Crippen LogP contribution in [0.1, 0.15) is 13.3 Å². The van der Waals surface area contributed by atoms with Crippen molar-refractivity contribution in [1.29, 1.82) is 0 Å². The Kier molecular flexibility index (Phi) is 4.57. The fourth-order valence-corrected chi connectivity index (χ4v) is 1.35. The van der Waals surface area contributed by atoms with E-state index in [1.807, 2.05) is 6.92 Å². The summed E-state index contributed by atoms with van der Waals surface area (Å²) in [4.78, 5) is 0. The molecular formula is C5H10Cl2OSi. The average Bonchev–Trinajstić information content (AvgIpc) is 1.84. The SMILES string of the molecule is C=C[Si](Cl)(Cl)OCCC. The zero-order valence-electron chi connectivity index (χ0n) is 5.36. The van der Waals surface area contributed by atoms with E-state index in [9.17, 15) is 0 Å². The van der Waals surface area contributed by atoms with Gasteiger partial charge >= 0.3 is 6.94 Å². The average molecular weight is 185 g/mol. The molecule has 0 bridgehead atoms. The fourth-order valence-electron chi connectivity index (χ4n) is 0.297. The minimum atomic E-state index is -2.49. The molecule has 0 rings (SSSR count). The van der Waals surface area contributed by atoms with Gasteiger partial charge < -0.3 is 4.43 Å². The van der Waals surface area contributed by atoms with Crippen molar-refractivity contribution in [3.05, 3.63) is 12.3 Å². The summed E-state index contributed by atoms with van der Waals surface area (Å²) in [6.07, 6.45) is 0.933. The molecule has 1 nitrogen and oxygen atoms in total. The zero-order chi connectivity index (χ0) is 7.33. The van der Waals surface area contributed by atoms with Crippen molar-refractivity contribution in [3.8, 4) is 0 Å². The molecule has 0 radical (unpaired) electrons. The highest BCUT2D eigenvalue weighted by atomic mass is 35.7. The van der Waals surface area contributed by atoms with E-state index < -0.39 is 6.94 Å². The largest absolute Gasteiger partial charge is 0.415 e. The summed E-state index contributed by atoms with van der Waals surface area (Å²) in [6, 6.07) is 0. The van der Waals surface area contributed by atoms with Crippen molar-refractivity contribution in [2.24, 2.45) is 0 Å². The third-order valence-corrected chi connectivity index (χ3v) is 3.38. The van der Waals surface area contributed by atoms with Gasteiger partial charge in [0.2, 0.25) is 0 Å². The Balaban J connectivity index is 3.45. The second-order valence-corrected chi connectivity index (χ2v) is 7.38. The molecule has 0 aromatic rings. The van der Waals surface area contributed by atoms with E-state index in [0.717, 1.165) is 6.42 Å². The maximum absolute atomic E-state index is 5.66. The van der Waals surface area contributed by atoms with Crippen LogP contribution in [0, 0.1) is 0 Å². The van der Waals surface area contributed by atoms with E-state index in [-0.39, 0.29) is 0 Å². The first-order chi connectivity index (χ1) is 4.12. The molecule has 0 unspecified atom stereocenters. The predicted molar refractivity (Wildman–Crippen MR) is 43.9 cm³/mol. The standard InChI is InChI=1S/C5H10Cl2OSi/c1-3-5-8-9(6,7)4-2/h4H,2-3,5H2,1H3. The second-order valence-electron chi connectivity index (χ2n) is 1.61. The van der Waals surface area contributed by atoms with Crippen LogP contribution in [-0.4, -0.2) is 13.5 Å². The first kappa shape index (κ1) is 9.50. The number of halogens is 2. The molecule has 0 amide bonds. The third kappa shape index (κ3) is 4.97. The van der Waals surface area contributed by atoms with Crippen LogP contribution in [-0.2, 0) is 4.43 Å². The fraction of sp³-hybridized carbons (Fsp3) is 0.600. The molecule has 0 saturated carbocycles. The molecule has 9 heavy (non-hydrogen) atoms. The molecule has 4 heteroatoms. The Morgan fingerprint density at radius 1 is 1.67 bits per heavy atom. The van der Waals surface area contributed by atoms with Crippen molar-refractivity contribution < 1.29 is 4.43 Å². The Morgan fingerprint density at radius 2 is 2.22 bits per heavy atom. The van der Waals surface area contributed by atoms with E-state index in [0.29, 0.717) is 6.61 Å². The summed E-state index contributed by atoms with van der Waals surface area (Å²) in [7, 11) is 0. The van der Waals surface area contributed by atoms with Crippen LogP contribution in [0.25, 0.3) is 0 Å². The molecule has 0 aromatic carbocycles. The summed E-state index contributed by atoms with van der Waals surface area (Å²) < 4.78 is 5.08. The first-order valence-corrected chi connectivity index (χ1v) is 6.78.